The van der Waals surface area contributed by atoms with Gasteiger partial charge < -0.3 is 14.7 Å². The summed E-state index contributed by atoms with van der Waals surface area (Å²) in [5.74, 6) is 0.175. The number of amides is 1. The minimum Gasteiger partial charge on any atom is -0.461 e. The van der Waals surface area contributed by atoms with E-state index < -0.39 is 17.1 Å². The van der Waals surface area contributed by atoms with Gasteiger partial charge in [0.25, 0.3) is 0 Å². The Balaban J connectivity index is 2.37. The van der Waals surface area contributed by atoms with Crippen molar-refractivity contribution in [1.29, 1.82) is 0 Å². The van der Waals surface area contributed by atoms with Gasteiger partial charge in [-0.15, -0.1) is 11.8 Å². The van der Waals surface area contributed by atoms with E-state index in [4.69, 9.17) is 4.74 Å². The molecule has 17 heavy (non-hydrogen) atoms. The molecule has 0 bridgehead atoms. The first-order valence-electron chi connectivity index (χ1n) is 5.63. The van der Waals surface area contributed by atoms with Crippen molar-refractivity contribution in [2.24, 2.45) is 0 Å². The van der Waals surface area contributed by atoms with E-state index in [9.17, 15) is 14.7 Å². The largest absolute Gasteiger partial charge is 0.461 e. The molecule has 2 fully saturated rings. The van der Waals surface area contributed by atoms with E-state index in [1.807, 2.05) is 0 Å². The molecule has 0 aromatic carbocycles. The maximum absolute atomic E-state index is 12.2. The topological polar surface area (TPSA) is 66.8 Å². The van der Waals surface area contributed by atoms with Crippen LogP contribution in [0.2, 0.25) is 0 Å². The SMILES string of the molecule is CC(C)OC(=O)[C@]12CSCN1C(=O)C[C@]2(C)O. The van der Waals surface area contributed by atoms with E-state index in [1.165, 1.54) is 16.7 Å². The Morgan fingerprint density at radius 3 is 2.82 bits per heavy atom. The second kappa shape index (κ2) is 3.88. The highest BCUT2D eigenvalue weighted by molar-refractivity contribution is 7.99. The van der Waals surface area contributed by atoms with Crippen LogP contribution in [0.15, 0.2) is 0 Å². The van der Waals surface area contributed by atoms with Crippen molar-refractivity contribution in [3.8, 4) is 0 Å². The van der Waals surface area contributed by atoms with Gasteiger partial charge in [0, 0.05) is 5.75 Å². The third-order valence-corrected chi connectivity index (χ3v) is 4.42. The van der Waals surface area contributed by atoms with Crippen molar-refractivity contribution in [2.45, 2.75) is 44.4 Å². The molecule has 2 aliphatic heterocycles. The Hall–Kier alpha value is -0.750. The minimum atomic E-state index is -1.35. The lowest BCUT2D eigenvalue weighted by molar-refractivity contribution is -0.170. The Kier molecular flexibility index (Phi) is 2.90. The molecule has 2 aliphatic rings. The fraction of sp³-hybridized carbons (Fsp3) is 0.818. The number of fused-ring (bicyclic) bond motifs is 1. The van der Waals surface area contributed by atoms with Crippen LogP contribution in [0.25, 0.3) is 0 Å². The number of ether oxygens (including phenoxy) is 1. The number of thioether (sulfide) groups is 1. The molecule has 0 spiro atoms. The maximum atomic E-state index is 12.2. The van der Waals surface area contributed by atoms with Crippen LogP contribution in [-0.2, 0) is 14.3 Å². The number of nitrogens with zero attached hydrogens (tertiary/aromatic N) is 1. The van der Waals surface area contributed by atoms with Crippen LogP contribution < -0.4 is 0 Å². The van der Waals surface area contributed by atoms with Gasteiger partial charge >= 0.3 is 5.97 Å². The first-order chi connectivity index (χ1) is 7.81. The summed E-state index contributed by atoms with van der Waals surface area (Å²) in [5.41, 5.74) is -2.54. The van der Waals surface area contributed by atoms with Crippen LogP contribution >= 0.6 is 11.8 Å². The molecule has 1 amide bonds. The van der Waals surface area contributed by atoms with Crippen molar-refractivity contribution in [3.63, 3.8) is 0 Å². The molecule has 0 saturated carbocycles. The Morgan fingerprint density at radius 2 is 2.24 bits per heavy atom. The fourth-order valence-electron chi connectivity index (χ4n) is 2.44. The lowest BCUT2D eigenvalue weighted by atomic mass is 9.83. The number of carbonyl (C=O) groups is 2. The summed E-state index contributed by atoms with van der Waals surface area (Å²) in [6.45, 7) is 5.05. The van der Waals surface area contributed by atoms with E-state index in [0.29, 0.717) is 11.6 Å². The van der Waals surface area contributed by atoms with Gasteiger partial charge in [-0.2, -0.15) is 0 Å². The Morgan fingerprint density at radius 1 is 1.59 bits per heavy atom. The molecule has 2 saturated heterocycles. The zero-order valence-electron chi connectivity index (χ0n) is 10.2. The lowest BCUT2D eigenvalue weighted by Gasteiger charge is -2.37. The normalized spacial score (nSPS) is 36.5. The quantitative estimate of drug-likeness (QED) is 0.725. The van der Waals surface area contributed by atoms with Crippen LogP contribution in [0.1, 0.15) is 27.2 Å². The van der Waals surface area contributed by atoms with E-state index in [1.54, 1.807) is 20.8 Å². The number of hydrogen-bond acceptors (Lipinski definition) is 5. The third kappa shape index (κ3) is 1.65. The summed E-state index contributed by atoms with van der Waals surface area (Å²) < 4.78 is 5.22. The molecule has 0 aliphatic carbocycles. The van der Waals surface area contributed by atoms with Crippen molar-refractivity contribution < 1.29 is 19.4 Å². The highest BCUT2D eigenvalue weighted by Crippen LogP contribution is 2.47. The van der Waals surface area contributed by atoms with Crippen molar-refractivity contribution >= 4 is 23.6 Å². The standard InChI is InChI=1S/C11H17NO4S/c1-7(2)16-9(14)11-5-17-6-12(11)8(13)4-10(11,3)15/h7,15H,4-6H2,1-3H3/t10-,11-/m0/s1. The molecule has 0 radical (unpaired) electrons. The average molecular weight is 259 g/mol. The van der Waals surface area contributed by atoms with E-state index in [2.05, 4.69) is 0 Å². The van der Waals surface area contributed by atoms with Gasteiger partial charge in [0.1, 0.15) is 5.60 Å². The van der Waals surface area contributed by atoms with Gasteiger partial charge in [-0.3, -0.25) is 4.79 Å². The molecule has 0 aromatic heterocycles. The second-order valence-electron chi connectivity index (χ2n) is 5.06. The van der Waals surface area contributed by atoms with Gasteiger partial charge in [0.05, 0.1) is 18.4 Å². The summed E-state index contributed by atoms with van der Waals surface area (Å²) in [4.78, 5) is 25.5. The predicted molar refractivity (Wildman–Crippen MR) is 63.4 cm³/mol. The third-order valence-electron chi connectivity index (χ3n) is 3.36. The first-order valence-corrected chi connectivity index (χ1v) is 6.78. The van der Waals surface area contributed by atoms with E-state index >= 15 is 0 Å². The summed E-state index contributed by atoms with van der Waals surface area (Å²) in [6.07, 6.45) is -0.267. The Bertz CT molecular complexity index is 368. The van der Waals surface area contributed by atoms with Gasteiger partial charge in [-0.05, 0) is 20.8 Å². The summed E-state index contributed by atoms with van der Waals surface area (Å²) in [6, 6.07) is 0. The van der Waals surface area contributed by atoms with E-state index in [0.717, 1.165) is 0 Å². The molecule has 96 valence electrons. The van der Waals surface area contributed by atoms with Crippen molar-refractivity contribution in [1.82, 2.24) is 4.90 Å². The highest BCUT2D eigenvalue weighted by atomic mass is 32.2. The molecular weight excluding hydrogens is 242 g/mol. The first kappa shape index (κ1) is 12.7. The van der Waals surface area contributed by atoms with Crippen molar-refractivity contribution in [3.05, 3.63) is 0 Å². The smallest absolute Gasteiger partial charge is 0.336 e. The van der Waals surface area contributed by atoms with Crippen LogP contribution in [-0.4, -0.2) is 50.8 Å². The van der Waals surface area contributed by atoms with Crippen LogP contribution in [0.5, 0.6) is 0 Å². The molecule has 6 heteroatoms. The summed E-state index contributed by atoms with van der Waals surface area (Å²) >= 11 is 1.47. The lowest BCUT2D eigenvalue weighted by Crippen LogP contribution is -2.62. The molecule has 2 atom stereocenters. The summed E-state index contributed by atoms with van der Waals surface area (Å²) in [5, 5.41) is 10.4. The molecule has 1 N–H and O–H groups in total. The predicted octanol–water partition coefficient (Wildman–Crippen LogP) is 0.364. The monoisotopic (exact) mass is 259 g/mol. The molecule has 2 heterocycles. The number of hydrogen-bond donors (Lipinski definition) is 1. The molecule has 0 aromatic rings. The zero-order valence-corrected chi connectivity index (χ0v) is 11.0. The van der Waals surface area contributed by atoms with Gasteiger partial charge in [0.2, 0.25) is 5.91 Å². The van der Waals surface area contributed by atoms with Gasteiger partial charge in [0.15, 0.2) is 5.54 Å². The maximum Gasteiger partial charge on any atom is 0.336 e. The van der Waals surface area contributed by atoms with Gasteiger partial charge in [-0.25, -0.2) is 4.79 Å². The molecule has 0 unspecified atom stereocenters. The Labute approximate surface area is 104 Å². The number of rotatable bonds is 2. The summed E-state index contributed by atoms with van der Waals surface area (Å²) in [7, 11) is 0. The van der Waals surface area contributed by atoms with Gasteiger partial charge in [-0.1, -0.05) is 0 Å². The average Bonchev–Trinajstić information content (AvgIpc) is 2.66. The second-order valence-corrected chi connectivity index (χ2v) is 6.02. The van der Waals surface area contributed by atoms with Crippen molar-refractivity contribution in [2.75, 3.05) is 11.6 Å². The molecule has 2 rings (SSSR count). The van der Waals surface area contributed by atoms with E-state index in [-0.39, 0.29) is 18.4 Å². The van der Waals surface area contributed by atoms with Crippen LogP contribution in [0, 0.1) is 0 Å². The van der Waals surface area contributed by atoms with Crippen LogP contribution in [0.3, 0.4) is 0 Å². The number of esters is 1. The zero-order chi connectivity index (χ0) is 12.8. The number of carbonyl (C=O) groups excluding carboxylic acids is 2. The molecule has 5 nitrogen and oxygen atoms in total. The fourth-order valence-corrected chi connectivity index (χ4v) is 3.96. The highest BCUT2D eigenvalue weighted by Gasteiger charge is 2.67. The minimum absolute atomic E-state index is 0.0131. The number of aliphatic hydroxyl groups is 1. The molecular formula is C11H17NO4S. The van der Waals surface area contributed by atoms with Crippen LogP contribution in [0.4, 0.5) is 0 Å².